The average molecular weight is 888 g/mol. The third-order valence-corrected chi connectivity index (χ3v) is 14.1. The second-order valence-electron chi connectivity index (χ2n) is 21.8. The molecule has 2 aliphatic heterocycles. The van der Waals surface area contributed by atoms with Crippen molar-refractivity contribution < 1.29 is 76.5 Å². The maximum atomic E-state index is 14.4. The van der Waals surface area contributed by atoms with Crippen molar-refractivity contribution in [1.82, 2.24) is 5.32 Å². The lowest BCUT2D eigenvalue weighted by Crippen LogP contribution is -2.88. The van der Waals surface area contributed by atoms with Crippen molar-refractivity contribution in [2.24, 2.45) is 21.7 Å². The first kappa shape index (κ1) is 54.8. The fourth-order valence-electron chi connectivity index (χ4n) is 8.47. The van der Waals surface area contributed by atoms with Gasteiger partial charge in [-0.1, -0.05) is 6.92 Å². The molecule has 2 rings (SSSR count). The fourth-order valence-corrected chi connectivity index (χ4v) is 8.47. The zero-order valence-corrected chi connectivity index (χ0v) is 41.7. The Balaban J connectivity index is 3.17. The van der Waals surface area contributed by atoms with Crippen molar-refractivity contribution in [1.29, 1.82) is 0 Å². The smallest absolute Gasteiger partial charge is 0.342 e. The first-order valence-corrected chi connectivity index (χ1v) is 20.8. The molecule has 2 aliphatic rings. The highest BCUT2D eigenvalue weighted by Crippen LogP contribution is 2.62. The number of ether oxygens (including phenoxy) is 9. The highest BCUT2D eigenvalue weighted by atomic mass is 16.7. The molecule has 1 amide bonds. The number of amides is 1. The SMILES string of the molecule is COC(=O)C1(C)OC(C)(COC[C@]2(C)[C@](C)(O)C(C)(COC(C)=O)OC(C)(OC)[C@@]2(C)NC(C)=O)[C@@](C)(OC(=O)C(C)(C)C)[C@](C)(OC(=O)C(C)(C)C)[C@]1(C)OC(=O)C(C)(C)C. The van der Waals surface area contributed by atoms with Crippen LogP contribution in [-0.4, -0.2) is 125 Å². The number of esters is 5. The molecule has 0 aromatic carbocycles. The molecule has 2 heterocycles. The van der Waals surface area contributed by atoms with E-state index in [9.17, 15) is 33.9 Å². The summed E-state index contributed by atoms with van der Waals surface area (Å²) in [5.74, 6) is -6.32. The number of carbonyl (C=O) groups excluding carboxylic acids is 6. The number of methoxy groups -OCH3 is 2. The molecule has 0 aromatic rings. The van der Waals surface area contributed by atoms with Gasteiger partial charge < -0.3 is 53.1 Å². The van der Waals surface area contributed by atoms with Crippen LogP contribution in [0, 0.1) is 21.7 Å². The van der Waals surface area contributed by atoms with Gasteiger partial charge in [-0.15, -0.1) is 0 Å². The van der Waals surface area contributed by atoms with Gasteiger partial charge in [-0.2, -0.15) is 0 Å². The Labute approximate surface area is 368 Å². The molecule has 0 saturated carbocycles. The summed E-state index contributed by atoms with van der Waals surface area (Å²) in [4.78, 5) is 82.1. The lowest BCUT2D eigenvalue weighted by molar-refractivity contribution is -0.420. The second-order valence-corrected chi connectivity index (χ2v) is 21.8. The highest BCUT2D eigenvalue weighted by molar-refractivity contribution is 5.85. The molecular formula is C45H77NO16. The maximum absolute atomic E-state index is 14.4. The number of carbonyl (C=O) groups is 6. The number of rotatable bonds is 12. The molecule has 17 nitrogen and oxygen atoms in total. The first-order valence-electron chi connectivity index (χ1n) is 20.8. The Hall–Kier alpha value is -3.38. The Morgan fingerprint density at radius 2 is 1.00 bits per heavy atom. The van der Waals surface area contributed by atoms with Gasteiger partial charge in [0.15, 0.2) is 22.6 Å². The van der Waals surface area contributed by atoms with Crippen LogP contribution in [0.4, 0.5) is 0 Å². The largest absolute Gasteiger partial charge is 0.467 e. The van der Waals surface area contributed by atoms with Gasteiger partial charge in [-0.05, 0) is 125 Å². The lowest BCUT2D eigenvalue weighted by atomic mass is 9.52. The monoisotopic (exact) mass is 888 g/mol. The molecule has 4 unspecified atom stereocenters. The van der Waals surface area contributed by atoms with Crippen LogP contribution >= 0.6 is 0 Å². The molecular weight excluding hydrogens is 810 g/mol. The van der Waals surface area contributed by atoms with E-state index in [2.05, 4.69) is 5.32 Å². The number of aliphatic hydroxyl groups is 1. The van der Waals surface area contributed by atoms with Crippen LogP contribution in [0.25, 0.3) is 0 Å². The summed E-state index contributed by atoms with van der Waals surface area (Å²) < 4.78 is 56.3. The zero-order valence-electron chi connectivity index (χ0n) is 41.7. The van der Waals surface area contributed by atoms with E-state index in [1.165, 1.54) is 69.4 Å². The third-order valence-electron chi connectivity index (χ3n) is 14.1. The van der Waals surface area contributed by atoms with E-state index in [0.717, 1.165) is 7.11 Å². The summed E-state index contributed by atoms with van der Waals surface area (Å²) >= 11 is 0. The second kappa shape index (κ2) is 16.6. The normalized spacial score (nSPS) is 38.9. The minimum Gasteiger partial charge on any atom is -0.467 e. The van der Waals surface area contributed by atoms with Gasteiger partial charge >= 0.3 is 29.8 Å². The number of nitrogens with one attached hydrogen (secondary N) is 1. The summed E-state index contributed by atoms with van der Waals surface area (Å²) in [5, 5.41) is 15.7. The van der Waals surface area contributed by atoms with Crippen LogP contribution < -0.4 is 5.32 Å². The predicted octanol–water partition coefficient (Wildman–Crippen LogP) is 5.13. The van der Waals surface area contributed by atoms with Gasteiger partial charge in [0.05, 0.1) is 42.0 Å². The van der Waals surface area contributed by atoms with E-state index in [0.29, 0.717) is 0 Å². The number of hydrogen-bond donors (Lipinski definition) is 2. The van der Waals surface area contributed by atoms with Gasteiger partial charge in [0.2, 0.25) is 11.5 Å². The Bertz CT molecular complexity index is 1770. The first-order chi connectivity index (χ1) is 27.4. The van der Waals surface area contributed by atoms with Crippen LogP contribution in [0.1, 0.15) is 145 Å². The van der Waals surface area contributed by atoms with Crippen LogP contribution in [0.5, 0.6) is 0 Å². The quantitative estimate of drug-likeness (QED) is 0.192. The van der Waals surface area contributed by atoms with Gasteiger partial charge in [-0.3, -0.25) is 24.0 Å². The minimum atomic E-state index is -2.34. The van der Waals surface area contributed by atoms with E-state index < -0.39 is 128 Å². The van der Waals surface area contributed by atoms with E-state index in [-0.39, 0.29) is 0 Å². The molecule has 358 valence electrons. The molecule has 0 spiro atoms. The van der Waals surface area contributed by atoms with Crippen molar-refractivity contribution >= 4 is 35.8 Å². The van der Waals surface area contributed by atoms with E-state index in [1.54, 1.807) is 83.1 Å². The molecule has 17 heteroatoms. The summed E-state index contributed by atoms with van der Waals surface area (Å²) in [6.45, 7) is 30.3. The van der Waals surface area contributed by atoms with Crippen molar-refractivity contribution in [2.45, 2.75) is 196 Å². The Kier molecular flexibility index (Phi) is 14.6. The van der Waals surface area contributed by atoms with Gasteiger partial charge in [0.1, 0.15) is 28.9 Å². The standard InChI is InChI=1S/C45H77NO16/c1-27(47)46-40(16)36(12,41(17,53)37(13,26-57-28(2)48)62-45(40,21)55-23)24-56-25-38(14)42(18,58-29(49)33(3,4)5)44(20,60-31(51)35(9,10)11)43(19,59-30(50)34(6,7)8)39(15,61-38)32(52)54-22/h53H,24-26H2,1-23H3,(H,46,47)/t36-,37?,38?,39?,40-,41-,42+,43+,44-,45?/m0/s1. The molecule has 2 saturated heterocycles. The lowest BCUT2D eigenvalue weighted by Gasteiger charge is -2.69. The minimum absolute atomic E-state index is 0.442. The zero-order chi connectivity index (χ0) is 49.2. The van der Waals surface area contributed by atoms with Crippen LogP contribution in [0.3, 0.4) is 0 Å². The molecule has 0 bridgehead atoms. The van der Waals surface area contributed by atoms with Gasteiger partial charge in [0, 0.05) is 21.0 Å². The predicted molar refractivity (Wildman–Crippen MR) is 225 cm³/mol. The maximum Gasteiger partial charge on any atom is 0.342 e. The van der Waals surface area contributed by atoms with Crippen LogP contribution in [0.15, 0.2) is 0 Å². The Morgan fingerprint density at radius 1 is 0.581 bits per heavy atom. The molecule has 2 fully saturated rings. The molecule has 0 radical (unpaired) electrons. The van der Waals surface area contributed by atoms with Crippen molar-refractivity contribution in [3.8, 4) is 0 Å². The van der Waals surface area contributed by atoms with E-state index in [1.807, 2.05) is 0 Å². The van der Waals surface area contributed by atoms with Crippen LogP contribution in [-0.2, 0) is 71.4 Å². The average Bonchev–Trinajstić information content (AvgIpc) is 3.10. The molecule has 62 heavy (non-hydrogen) atoms. The molecule has 10 atom stereocenters. The van der Waals surface area contributed by atoms with Crippen molar-refractivity contribution in [3.05, 3.63) is 0 Å². The molecule has 0 aromatic heterocycles. The van der Waals surface area contributed by atoms with Gasteiger partial charge in [0.25, 0.3) is 0 Å². The number of hydrogen-bond acceptors (Lipinski definition) is 16. The van der Waals surface area contributed by atoms with E-state index in [4.69, 9.17) is 42.6 Å². The molecule has 2 N–H and O–H groups in total. The summed E-state index contributed by atoms with van der Waals surface area (Å²) in [7, 11) is 2.47. The topological polar surface area (TPSA) is 218 Å². The summed E-state index contributed by atoms with van der Waals surface area (Å²) in [5.41, 5.74) is -21.8. The van der Waals surface area contributed by atoms with Crippen molar-refractivity contribution in [3.63, 3.8) is 0 Å². The van der Waals surface area contributed by atoms with Gasteiger partial charge in [-0.25, -0.2) is 4.79 Å². The van der Waals surface area contributed by atoms with E-state index >= 15 is 0 Å². The third kappa shape index (κ3) is 8.49. The highest BCUT2D eigenvalue weighted by Gasteiger charge is 2.83. The summed E-state index contributed by atoms with van der Waals surface area (Å²) in [6.07, 6.45) is 0. The van der Waals surface area contributed by atoms with Crippen LogP contribution in [0.2, 0.25) is 0 Å². The summed E-state index contributed by atoms with van der Waals surface area (Å²) in [6, 6.07) is 0. The Morgan fingerprint density at radius 3 is 1.37 bits per heavy atom. The molecule has 0 aliphatic carbocycles. The van der Waals surface area contributed by atoms with Crippen molar-refractivity contribution in [2.75, 3.05) is 34.0 Å². The fraction of sp³-hybridized carbons (Fsp3) is 0.867.